The van der Waals surface area contributed by atoms with Gasteiger partial charge in [0.2, 0.25) is 0 Å². The summed E-state index contributed by atoms with van der Waals surface area (Å²) >= 11 is 0. The number of methoxy groups -OCH3 is 1. The number of hydrogen-bond acceptors (Lipinski definition) is 4. The largest absolute Gasteiger partial charge is 2.00 e. The van der Waals surface area contributed by atoms with Crippen molar-refractivity contribution in [3.8, 4) is 33.4 Å². The van der Waals surface area contributed by atoms with Crippen molar-refractivity contribution in [3.63, 3.8) is 0 Å². The topological polar surface area (TPSA) is 80.3 Å². The van der Waals surface area contributed by atoms with Gasteiger partial charge in [-0.25, -0.2) is 14.8 Å². The number of carbonyl (C=O) groups is 1. The molecule has 0 spiro atoms. The summed E-state index contributed by atoms with van der Waals surface area (Å²) in [5, 5.41) is 0. The number of nitrogens with zero attached hydrogens (tertiary/aromatic N) is 4. The van der Waals surface area contributed by atoms with E-state index in [2.05, 4.69) is 114 Å². The molecule has 7 heteroatoms. The van der Waals surface area contributed by atoms with Crippen molar-refractivity contribution in [1.29, 1.82) is 0 Å². The first-order valence-corrected chi connectivity index (χ1v) is 17.5. The fourth-order valence-corrected chi connectivity index (χ4v) is 7.87. The van der Waals surface area contributed by atoms with Gasteiger partial charge >= 0.3 is 25.4 Å². The van der Waals surface area contributed by atoms with Gasteiger partial charge in [0, 0.05) is 0 Å². The van der Waals surface area contributed by atoms with Crippen LogP contribution in [0.4, 0.5) is 0 Å². The summed E-state index contributed by atoms with van der Waals surface area (Å²) in [4.78, 5) is 33.4. The molecule has 0 N–H and O–H groups in total. The smallest absolute Gasteiger partial charge is 0.657 e. The third-order valence-electron chi connectivity index (χ3n) is 9.88. The first-order chi connectivity index (χ1) is 25.1. The van der Waals surface area contributed by atoms with E-state index in [1.807, 2.05) is 18.2 Å². The fraction of sp³-hybridized carbons (Fsp3) is 0.152. The fourth-order valence-electron chi connectivity index (χ4n) is 7.87. The number of hydrogen-bond donors (Lipinski definition) is 0. The van der Waals surface area contributed by atoms with Crippen LogP contribution in [0.15, 0.2) is 78.9 Å². The van der Waals surface area contributed by atoms with Gasteiger partial charge in [0.25, 0.3) is 0 Å². The van der Waals surface area contributed by atoms with E-state index in [-0.39, 0.29) is 25.4 Å². The molecule has 256 valence electrons. The summed E-state index contributed by atoms with van der Waals surface area (Å²) in [5.74, 6) is -0.386. The zero-order valence-electron chi connectivity index (χ0n) is 31.1. The molecule has 2 aliphatic heterocycles. The van der Waals surface area contributed by atoms with E-state index in [0.717, 1.165) is 100 Å². The van der Waals surface area contributed by atoms with Gasteiger partial charge in [-0.3, -0.25) is 0 Å². The average molecular weight is 744 g/mol. The number of benzene rings is 3. The second-order valence-electron chi connectivity index (χ2n) is 13.8. The van der Waals surface area contributed by atoms with E-state index in [0.29, 0.717) is 5.56 Å². The van der Waals surface area contributed by atoms with Crippen molar-refractivity contribution >= 4 is 52.3 Å². The second-order valence-corrected chi connectivity index (χ2v) is 13.8. The van der Waals surface area contributed by atoms with Gasteiger partial charge in [-0.15, -0.1) is 22.1 Å². The maximum atomic E-state index is 12.4. The monoisotopic (exact) mass is 742 g/mol. The molecule has 2 aliphatic rings. The summed E-state index contributed by atoms with van der Waals surface area (Å²) in [6.45, 7) is 12.9. The molecule has 8 rings (SSSR count). The maximum absolute atomic E-state index is 12.4. The number of aromatic nitrogens is 4. The summed E-state index contributed by atoms with van der Waals surface area (Å²) < 4.78 is 5.00. The molecule has 0 unspecified atom stereocenters. The van der Waals surface area contributed by atoms with Crippen molar-refractivity contribution in [2.45, 2.75) is 41.5 Å². The molecule has 3 aromatic carbocycles. The minimum atomic E-state index is -0.386. The number of rotatable bonds is 4. The summed E-state index contributed by atoms with van der Waals surface area (Å²) in [6.07, 6.45) is 8.26. The normalized spacial score (nSPS) is 11.8. The summed E-state index contributed by atoms with van der Waals surface area (Å²) in [7, 11) is 1.39. The molecule has 0 amide bonds. The minimum absolute atomic E-state index is 0. The molecule has 0 aliphatic carbocycles. The summed E-state index contributed by atoms with van der Waals surface area (Å²) in [6, 6.07) is 26.6. The van der Waals surface area contributed by atoms with Crippen molar-refractivity contribution in [2.75, 3.05) is 7.11 Å². The molecule has 8 bridgehead atoms. The molecule has 0 atom stereocenters. The third kappa shape index (κ3) is 6.51. The van der Waals surface area contributed by atoms with Crippen LogP contribution in [0.25, 0.3) is 79.8 Å². The van der Waals surface area contributed by atoms with Crippen molar-refractivity contribution in [3.05, 3.63) is 141 Å². The number of ether oxygens (including phenoxy) is 1. The molecule has 0 saturated carbocycles. The van der Waals surface area contributed by atoms with Crippen molar-refractivity contribution in [1.82, 2.24) is 19.9 Å². The van der Waals surface area contributed by atoms with E-state index < -0.39 is 0 Å². The summed E-state index contributed by atoms with van der Waals surface area (Å²) in [5.41, 5.74) is 20.0. The quantitative estimate of drug-likeness (QED) is 0.132. The number of esters is 1. The predicted molar refractivity (Wildman–Crippen MR) is 213 cm³/mol. The molecule has 6 aromatic rings. The van der Waals surface area contributed by atoms with E-state index in [1.54, 1.807) is 12.1 Å². The first-order valence-electron chi connectivity index (χ1n) is 17.5. The number of carbonyl (C=O) groups excluding carboxylic acids is 1. The van der Waals surface area contributed by atoms with Crippen LogP contribution in [-0.4, -0.2) is 23.0 Å². The van der Waals surface area contributed by atoms with Gasteiger partial charge in [-0.1, -0.05) is 77.9 Å². The zero-order valence-corrected chi connectivity index (χ0v) is 34.1. The molecule has 0 radical (unpaired) electrons. The van der Waals surface area contributed by atoms with E-state index >= 15 is 0 Å². The Kier molecular flexibility index (Phi) is 9.48. The minimum Gasteiger partial charge on any atom is -0.657 e. The second kappa shape index (κ2) is 14.1. The van der Waals surface area contributed by atoms with Crippen LogP contribution in [0.2, 0.25) is 0 Å². The van der Waals surface area contributed by atoms with Crippen LogP contribution >= 0.6 is 0 Å². The number of aryl methyl sites for hydroxylation is 6. The molecule has 6 nitrogen and oxygen atoms in total. The zero-order chi connectivity index (χ0) is 36.3. The SMILES string of the molecule is COC(=O)c1ccc(-c2c3nc(c(-c4c(C)cc(C)cc4C)c4ccc(cc5nc(c(-c6c(C)cc(C)cc6C)c6ccc2[n-]6)C=C5)[n-]4)C=C3)cc1.[Zn+2]. The van der Waals surface area contributed by atoms with Gasteiger partial charge < -0.3 is 14.7 Å². The van der Waals surface area contributed by atoms with Gasteiger partial charge in [-0.05, 0) is 134 Å². The average Bonchev–Trinajstić information content (AvgIpc) is 3.94. The van der Waals surface area contributed by atoms with Crippen molar-refractivity contribution in [2.24, 2.45) is 0 Å². The molecular weight excluding hydrogens is 706 g/mol. The van der Waals surface area contributed by atoms with Crippen molar-refractivity contribution < 1.29 is 29.0 Å². The Morgan fingerprint density at radius 3 is 1.57 bits per heavy atom. The Labute approximate surface area is 322 Å². The predicted octanol–water partition coefficient (Wildman–Crippen LogP) is 10.5. The Balaban J connectivity index is 0.00000435. The molecule has 5 heterocycles. The Hall–Kier alpha value is -5.65. The van der Waals surface area contributed by atoms with E-state index in [1.165, 1.54) is 18.2 Å². The van der Waals surface area contributed by atoms with Gasteiger partial charge in [0.1, 0.15) is 0 Å². The van der Waals surface area contributed by atoms with Crippen LogP contribution in [0.1, 0.15) is 66.5 Å². The van der Waals surface area contributed by atoms with Gasteiger partial charge in [-0.2, -0.15) is 0 Å². The molecule has 3 aromatic heterocycles. The van der Waals surface area contributed by atoms with Gasteiger partial charge in [0.05, 0.1) is 35.4 Å². The number of fused-ring (bicyclic) bond motifs is 8. The van der Waals surface area contributed by atoms with Crippen LogP contribution in [0, 0.1) is 41.5 Å². The third-order valence-corrected chi connectivity index (χ3v) is 9.88. The van der Waals surface area contributed by atoms with E-state index in [9.17, 15) is 4.79 Å². The standard InChI is InChI=1S/C46H39N4O2.Zn/c1-25-20-27(3)41(28(4)21-25)44-37-14-12-33(47-37)24-34-13-15-38(48-34)45(42-29(5)22-26(2)23-30(42)6)40-19-17-36(50-40)43(35-16-18-39(44)49-35)31-8-10-32(11-9-31)46(51)52-7;/h8-24H,1-7H3,(H-,47,48,49,50,51);/q-1;+2/p-1. The van der Waals surface area contributed by atoms with Gasteiger partial charge in [0.15, 0.2) is 0 Å². The Morgan fingerprint density at radius 1 is 0.528 bits per heavy atom. The van der Waals surface area contributed by atoms with Crippen LogP contribution in [-0.2, 0) is 24.2 Å². The molecule has 0 fully saturated rings. The van der Waals surface area contributed by atoms with Crippen LogP contribution in [0.3, 0.4) is 0 Å². The molecular formula is C46H38N4O2Zn. The molecule has 0 saturated heterocycles. The van der Waals surface area contributed by atoms with Crippen LogP contribution < -0.4 is 9.97 Å². The first kappa shape index (κ1) is 35.7. The maximum Gasteiger partial charge on any atom is 2.00 e. The Morgan fingerprint density at radius 2 is 1.00 bits per heavy atom. The van der Waals surface area contributed by atoms with E-state index in [4.69, 9.17) is 24.7 Å². The van der Waals surface area contributed by atoms with Crippen LogP contribution in [0.5, 0.6) is 0 Å². The molecule has 53 heavy (non-hydrogen) atoms. The Bertz CT molecular complexity index is 2590.